The first-order chi connectivity index (χ1) is 14.4. The van der Waals surface area contributed by atoms with Crippen LogP contribution in [0.2, 0.25) is 0 Å². The molecule has 2 amide bonds. The fourth-order valence-corrected chi connectivity index (χ4v) is 4.38. The molecule has 2 fully saturated rings. The van der Waals surface area contributed by atoms with Crippen molar-refractivity contribution < 1.29 is 24.2 Å². The molecule has 2 aliphatic heterocycles. The van der Waals surface area contributed by atoms with Crippen molar-refractivity contribution >= 4 is 33.5 Å². The molecule has 0 saturated carbocycles. The first-order valence-electron chi connectivity index (χ1n) is 9.71. The molecule has 2 N–H and O–H groups in total. The molecule has 30 heavy (non-hydrogen) atoms. The number of ketones is 1. The second kappa shape index (κ2) is 8.57. The van der Waals surface area contributed by atoms with Gasteiger partial charge in [-0.2, -0.15) is 0 Å². The summed E-state index contributed by atoms with van der Waals surface area (Å²) in [6.45, 7) is 0.435. The quantitative estimate of drug-likeness (QED) is 0.694. The number of phenols is 1. The molecule has 7 nitrogen and oxygen atoms in total. The van der Waals surface area contributed by atoms with Gasteiger partial charge in [0.1, 0.15) is 24.4 Å². The molecule has 0 radical (unpaired) electrons. The summed E-state index contributed by atoms with van der Waals surface area (Å²) in [4.78, 5) is 40.0. The minimum Gasteiger partial charge on any atom is -0.508 e. The Balaban J connectivity index is 1.57. The Morgan fingerprint density at radius 1 is 1.23 bits per heavy atom. The predicted molar refractivity (Wildman–Crippen MR) is 112 cm³/mol. The van der Waals surface area contributed by atoms with E-state index in [1.807, 2.05) is 6.07 Å². The summed E-state index contributed by atoms with van der Waals surface area (Å²) >= 11 is 3.35. The Kier molecular flexibility index (Phi) is 5.87. The molecule has 2 aromatic carbocycles. The van der Waals surface area contributed by atoms with Gasteiger partial charge in [-0.1, -0.05) is 34.1 Å². The number of ether oxygens (including phenoxy) is 1. The zero-order chi connectivity index (χ0) is 21.3. The zero-order valence-corrected chi connectivity index (χ0v) is 17.7. The van der Waals surface area contributed by atoms with Gasteiger partial charge in [0.2, 0.25) is 5.91 Å². The van der Waals surface area contributed by atoms with E-state index in [0.29, 0.717) is 18.5 Å². The van der Waals surface area contributed by atoms with E-state index in [0.717, 1.165) is 10.0 Å². The highest BCUT2D eigenvalue weighted by molar-refractivity contribution is 9.10. The van der Waals surface area contributed by atoms with Crippen LogP contribution in [0, 0.1) is 0 Å². The van der Waals surface area contributed by atoms with Crippen LogP contribution in [0.1, 0.15) is 22.3 Å². The molecule has 156 valence electrons. The molecular weight excluding hydrogens is 452 g/mol. The van der Waals surface area contributed by atoms with Crippen molar-refractivity contribution in [3.8, 4) is 5.75 Å². The van der Waals surface area contributed by atoms with Gasteiger partial charge in [-0.25, -0.2) is 0 Å². The number of phenolic OH excluding ortho intramolecular Hbond substituents is 1. The van der Waals surface area contributed by atoms with E-state index in [4.69, 9.17) is 4.74 Å². The van der Waals surface area contributed by atoms with Gasteiger partial charge in [0.25, 0.3) is 5.91 Å². The number of rotatable bonds is 5. The van der Waals surface area contributed by atoms with Crippen molar-refractivity contribution in [1.82, 2.24) is 10.2 Å². The van der Waals surface area contributed by atoms with Gasteiger partial charge in [-0.3, -0.25) is 14.4 Å². The number of aromatic hydroxyl groups is 1. The summed E-state index contributed by atoms with van der Waals surface area (Å²) in [6.07, 6.45) is 0.576. The van der Waals surface area contributed by atoms with Gasteiger partial charge in [-0.05, 0) is 42.3 Å². The van der Waals surface area contributed by atoms with Gasteiger partial charge in [0, 0.05) is 23.0 Å². The Morgan fingerprint density at radius 2 is 2.00 bits per heavy atom. The van der Waals surface area contributed by atoms with Crippen molar-refractivity contribution in [2.75, 3.05) is 13.2 Å². The number of benzene rings is 2. The number of halogens is 1. The van der Waals surface area contributed by atoms with Crippen LogP contribution in [0.4, 0.5) is 0 Å². The van der Waals surface area contributed by atoms with E-state index in [1.54, 1.807) is 30.3 Å². The van der Waals surface area contributed by atoms with Crippen LogP contribution in [0.25, 0.3) is 0 Å². The van der Waals surface area contributed by atoms with Gasteiger partial charge >= 0.3 is 0 Å². The maximum Gasteiger partial charge on any atom is 0.251 e. The third kappa shape index (κ3) is 4.24. The fourth-order valence-electron chi connectivity index (χ4n) is 3.98. The SMILES string of the molecule is O=C(NC(Cc1ccc(O)cc1)C(=O)N1CCC2OCC(=O)C21)c1cccc(Br)c1. The van der Waals surface area contributed by atoms with Crippen LogP contribution in [-0.2, 0) is 20.7 Å². The highest BCUT2D eigenvalue weighted by Gasteiger charge is 2.48. The minimum absolute atomic E-state index is 0.0200. The van der Waals surface area contributed by atoms with Crippen LogP contribution in [-0.4, -0.2) is 58.9 Å². The van der Waals surface area contributed by atoms with E-state index in [-0.39, 0.29) is 42.5 Å². The minimum atomic E-state index is -0.854. The lowest BCUT2D eigenvalue weighted by molar-refractivity contribution is -0.138. The predicted octanol–water partition coefficient (Wildman–Crippen LogP) is 2.06. The summed E-state index contributed by atoms with van der Waals surface area (Å²) in [7, 11) is 0. The number of Topliss-reactive ketones (excluding diaryl/α,β-unsaturated/α-hetero) is 1. The summed E-state index contributed by atoms with van der Waals surface area (Å²) in [5.41, 5.74) is 1.21. The average molecular weight is 473 g/mol. The number of carbonyl (C=O) groups excluding carboxylic acids is 3. The normalized spacial score (nSPS) is 21.4. The highest BCUT2D eigenvalue weighted by Crippen LogP contribution is 2.28. The summed E-state index contributed by atoms with van der Waals surface area (Å²) in [5, 5.41) is 12.4. The average Bonchev–Trinajstić information content (AvgIpc) is 3.31. The number of hydrogen-bond donors (Lipinski definition) is 2. The number of carbonyl (C=O) groups is 3. The van der Waals surface area contributed by atoms with E-state index < -0.39 is 12.1 Å². The Morgan fingerprint density at radius 3 is 2.73 bits per heavy atom. The lowest BCUT2D eigenvalue weighted by Gasteiger charge is -2.27. The molecule has 2 saturated heterocycles. The highest BCUT2D eigenvalue weighted by atomic mass is 79.9. The monoisotopic (exact) mass is 472 g/mol. The van der Waals surface area contributed by atoms with E-state index in [9.17, 15) is 19.5 Å². The molecule has 3 atom stereocenters. The largest absolute Gasteiger partial charge is 0.508 e. The van der Waals surface area contributed by atoms with Crippen molar-refractivity contribution in [2.24, 2.45) is 0 Å². The smallest absolute Gasteiger partial charge is 0.251 e. The fraction of sp³-hybridized carbons (Fsp3) is 0.318. The number of likely N-dealkylation sites (tertiary alicyclic amines) is 1. The van der Waals surface area contributed by atoms with Crippen molar-refractivity contribution in [2.45, 2.75) is 31.0 Å². The maximum absolute atomic E-state index is 13.4. The molecule has 0 aliphatic carbocycles. The van der Waals surface area contributed by atoms with Gasteiger partial charge < -0.3 is 20.1 Å². The lowest BCUT2D eigenvalue weighted by atomic mass is 10.0. The zero-order valence-electron chi connectivity index (χ0n) is 16.1. The molecule has 8 heteroatoms. The molecule has 2 aliphatic rings. The Bertz CT molecular complexity index is 978. The molecule has 0 spiro atoms. The molecule has 0 bridgehead atoms. The number of nitrogens with zero attached hydrogens (tertiary/aromatic N) is 1. The number of nitrogens with one attached hydrogen (secondary N) is 1. The van der Waals surface area contributed by atoms with Crippen LogP contribution in [0.15, 0.2) is 53.0 Å². The first-order valence-corrected chi connectivity index (χ1v) is 10.5. The molecule has 2 aromatic rings. The Labute approximate surface area is 182 Å². The maximum atomic E-state index is 13.4. The second-order valence-corrected chi connectivity index (χ2v) is 8.40. The molecular formula is C22H21BrN2O5. The first kappa shape index (κ1) is 20.6. The van der Waals surface area contributed by atoms with Gasteiger partial charge in [0.05, 0.1) is 6.10 Å². The number of fused-ring (bicyclic) bond motifs is 1. The molecule has 2 heterocycles. The molecule has 3 unspecified atom stereocenters. The van der Waals surface area contributed by atoms with Crippen molar-refractivity contribution in [3.05, 3.63) is 64.1 Å². The number of amides is 2. The second-order valence-electron chi connectivity index (χ2n) is 7.49. The van der Waals surface area contributed by atoms with E-state index >= 15 is 0 Å². The standard InChI is InChI=1S/C22H21BrN2O5/c23-15-3-1-2-14(11-15)21(28)24-17(10-13-4-6-16(26)7-5-13)22(29)25-9-8-19-20(25)18(27)12-30-19/h1-7,11,17,19-20,26H,8-10,12H2,(H,24,28). The Hall–Kier alpha value is -2.71. The van der Waals surface area contributed by atoms with Crippen LogP contribution < -0.4 is 5.32 Å². The molecule has 0 aromatic heterocycles. The van der Waals surface area contributed by atoms with E-state index in [2.05, 4.69) is 21.2 Å². The van der Waals surface area contributed by atoms with Gasteiger partial charge in [0.15, 0.2) is 5.78 Å². The van der Waals surface area contributed by atoms with Crippen molar-refractivity contribution in [3.63, 3.8) is 0 Å². The third-order valence-corrected chi connectivity index (χ3v) is 5.95. The van der Waals surface area contributed by atoms with E-state index in [1.165, 1.54) is 17.0 Å². The summed E-state index contributed by atoms with van der Waals surface area (Å²) in [5.74, 6) is -0.667. The van der Waals surface area contributed by atoms with Crippen LogP contribution in [0.3, 0.4) is 0 Å². The summed E-state index contributed by atoms with van der Waals surface area (Å²) in [6, 6.07) is 12.0. The van der Waals surface area contributed by atoms with Crippen LogP contribution in [0.5, 0.6) is 5.75 Å². The lowest BCUT2D eigenvalue weighted by Crippen LogP contribution is -2.53. The molecule has 4 rings (SSSR count). The van der Waals surface area contributed by atoms with Crippen molar-refractivity contribution in [1.29, 1.82) is 0 Å². The third-order valence-electron chi connectivity index (χ3n) is 5.46. The topological polar surface area (TPSA) is 95.9 Å². The van der Waals surface area contributed by atoms with Crippen LogP contribution >= 0.6 is 15.9 Å². The summed E-state index contributed by atoms with van der Waals surface area (Å²) < 4.78 is 6.24. The number of hydrogen-bond acceptors (Lipinski definition) is 5. The van der Waals surface area contributed by atoms with Gasteiger partial charge in [-0.15, -0.1) is 0 Å².